The van der Waals surface area contributed by atoms with Crippen molar-refractivity contribution in [1.82, 2.24) is 9.97 Å². The maximum Gasteiger partial charge on any atom is 0.136 e. The summed E-state index contributed by atoms with van der Waals surface area (Å²) in [4.78, 5) is 9.08. The summed E-state index contributed by atoms with van der Waals surface area (Å²) in [6, 6.07) is 6.29. The lowest BCUT2D eigenvalue weighted by molar-refractivity contribution is 0.626. The van der Waals surface area contributed by atoms with Crippen LogP contribution in [-0.4, -0.2) is 9.97 Å². The summed E-state index contributed by atoms with van der Waals surface area (Å²) < 4.78 is 12.8. The topological polar surface area (TPSA) is 25.8 Å². The molecule has 1 aromatic carbocycles. The highest BCUT2D eigenvalue weighted by Gasteiger charge is 2.09. The number of hydrogen-bond acceptors (Lipinski definition) is 3. The first kappa shape index (κ1) is 12.3. The molecule has 0 aliphatic rings. The van der Waals surface area contributed by atoms with Crippen LogP contribution in [0.5, 0.6) is 0 Å². The maximum atomic E-state index is 12.8. The summed E-state index contributed by atoms with van der Waals surface area (Å²) in [5.41, 5.74) is 0.920. The monoisotopic (exact) mass is 268 g/mol. The van der Waals surface area contributed by atoms with Gasteiger partial charge in [0, 0.05) is 10.5 Å². The molecule has 1 aromatic heterocycles. The zero-order chi connectivity index (χ0) is 12.3. The second kappa shape index (κ2) is 5.47. The average molecular weight is 269 g/mol. The van der Waals surface area contributed by atoms with Gasteiger partial charge in [-0.1, -0.05) is 30.3 Å². The molecule has 1 heterocycles. The molecular weight excluding hydrogens is 259 g/mol. The molecule has 88 valence electrons. The van der Waals surface area contributed by atoms with E-state index in [9.17, 15) is 4.39 Å². The second-order valence-corrected chi connectivity index (χ2v) is 4.78. The van der Waals surface area contributed by atoms with Gasteiger partial charge >= 0.3 is 0 Å². The van der Waals surface area contributed by atoms with E-state index in [1.54, 1.807) is 12.1 Å². The van der Waals surface area contributed by atoms with Crippen molar-refractivity contribution in [1.29, 1.82) is 0 Å². The number of benzene rings is 1. The van der Waals surface area contributed by atoms with Crippen molar-refractivity contribution in [2.24, 2.45) is 0 Å². The Balaban J connectivity index is 2.29. The Morgan fingerprint density at radius 1 is 1.24 bits per heavy atom. The molecule has 0 spiro atoms. The molecule has 0 fully saturated rings. The van der Waals surface area contributed by atoms with Crippen molar-refractivity contribution in [2.75, 3.05) is 0 Å². The fourth-order valence-corrected chi connectivity index (χ4v) is 2.66. The first-order valence-electron chi connectivity index (χ1n) is 5.13. The Bertz CT molecular complexity index is 516. The molecule has 0 amide bonds. The van der Waals surface area contributed by atoms with E-state index in [0.29, 0.717) is 5.15 Å². The summed E-state index contributed by atoms with van der Waals surface area (Å²) in [7, 11) is 0. The van der Waals surface area contributed by atoms with Gasteiger partial charge in [-0.15, -0.1) is 0 Å². The summed E-state index contributed by atoms with van der Waals surface area (Å²) in [5, 5.41) is 1.30. The highest BCUT2D eigenvalue weighted by atomic mass is 35.5. The van der Waals surface area contributed by atoms with Crippen molar-refractivity contribution >= 4 is 23.4 Å². The van der Waals surface area contributed by atoms with Crippen LogP contribution in [0.2, 0.25) is 5.15 Å². The molecule has 0 aliphatic carbocycles. The molecule has 0 atom stereocenters. The minimum atomic E-state index is -0.245. The molecule has 0 radical (unpaired) electrons. The Morgan fingerprint density at radius 3 is 2.59 bits per heavy atom. The zero-order valence-electron chi connectivity index (χ0n) is 9.15. The minimum absolute atomic E-state index is 0.245. The van der Waals surface area contributed by atoms with Gasteiger partial charge in [-0.05, 0) is 30.7 Å². The smallest absolute Gasteiger partial charge is 0.136 e. The number of rotatable bonds is 3. The number of halogens is 2. The molecule has 2 nitrogen and oxygen atoms in total. The number of hydrogen-bond donors (Lipinski definition) is 0. The lowest BCUT2D eigenvalue weighted by atomic mass is 10.3. The van der Waals surface area contributed by atoms with E-state index in [0.717, 1.165) is 21.9 Å². The molecule has 0 bridgehead atoms. The minimum Gasteiger partial charge on any atom is -0.229 e. The lowest BCUT2D eigenvalue weighted by Gasteiger charge is -2.06. The fraction of sp³-hybridized carbons (Fsp3) is 0.167. The van der Waals surface area contributed by atoms with Gasteiger partial charge in [-0.25, -0.2) is 14.4 Å². The number of aromatic nitrogens is 2. The van der Waals surface area contributed by atoms with Crippen molar-refractivity contribution in [3.05, 3.63) is 47.1 Å². The Labute approximate surface area is 108 Å². The average Bonchev–Trinajstić information content (AvgIpc) is 2.32. The van der Waals surface area contributed by atoms with Crippen LogP contribution in [0.3, 0.4) is 0 Å². The van der Waals surface area contributed by atoms with E-state index in [1.165, 1.54) is 30.2 Å². The summed E-state index contributed by atoms with van der Waals surface area (Å²) >= 11 is 7.46. The third-order valence-corrected chi connectivity index (χ3v) is 3.61. The molecule has 2 rings (SSSR count). The lowest BCUT2D eigenvalue weighted by Crippen LogP contribution is -1.93. The van der Waals surface area contributed by atoms with Gasteiger partial charge in [0.25, 0.3) is 0 Å². The Kier molecular flexibility index (Phi) is 3.97. The molecule has 0 saturated heterocycles. The van der Waals surface area contributed by atoms with Crippen molar-refractivity contribution < 1.29 is 4.39 Å². The molecule has 2 aromatic rings. The highest BCUT2D eigenvalue weighted by Crippen LogP contribution is 2.31. The van der Waals surface area contributed by atoms with Crippen LogP contribution in [0.25, 0.3) is 0 Å². The van der Waals surface area contributed by atoms with Crippen LogP contribution in [0, 0.1) is 5.82 Å². The molecule has 0 saturated carbocycles. The van der Waals surface area contributed by atoms with E-state index in [4.69, 9.17) is 11.6 Å². The van der Waals surface area contributed by atoms with Crippen LogP contribution in [0.1, 0.15) is 12.5 Å². The molecule has 0 aliphatic heterocycles. The van der Waals surface area contributed by atoms with Gasteiger partial charge in [0.1, 0.15) is 22.3 Å². The van der Waals surface area contributed by atoms with Crippen LogP contribution < -0.4 is 0 Å². The third kappa shape index (κ3) is 2.96. The van der Waals surface area contributed by atoms with Crippen molar-refractivity contribution in [2.45, 2.75) is 23.3 Å². The molecule has 5 heteroatoms. The quantitative estimate of drug-likeness (QED) is 0.788. The van der Waals surface area contributed by atoms with E-state index in [1.807, 2.05) is 6.92 Å². The van der Waals surface area contributed by atoms with Gasteiger partial charge in [-0.3, -0.25) is 0 Å². The molecule has 0 unspecified atom stereocenters. The van der Waals surface area contributed by atoms with Crippen LogP contribution in [-0.2, 0) is 6.42 Å². The standard InChI is InChI=1S/C12H10ClFN2S/c1-2-10-11(13)15-7-16-12(10)17-9-5-3-8(14)4-6-9/h3-7H,2H2,1H3. The summed E-state index contributed by atoms with van der Waals surface area (Å²) in [5.74, 6) is -0.245. The van der Waals surface area contributed by atoms with Gasteiger partial charge < -0.3 is 0 Å². The number of nitrogens with zero attached hydrogens (tertiary/aromatic N) is 2. The molecule has 0 N–H and O–H groups in total. The normalized spacial score (nSPS) is 10.5. The van der Waals surface area contributed by atoms with Crippen LogP contribution in [0.4, 0.5) is 4.39 Å². The summed E-state index contributed by atoms with van der Waals surface area (Å²) in [6.07, 6.45) is 2.20. The zero-order valence-corrected chi connectivity index (χ0v) is 10.7. The molecule has 17 heavy (non-hydrogen) atoms. The van der Waals surface area contributed by atoms with E-state index in [-0.39, 0.29) is 5.82 Å². The summed E-state index contributed by atoms with van der Waals surface area (Å²) in [6.45, 7) is 2.00. The van der Waals surface area contributed by atoms with Crippen LogP contribution in [0.15, 0.2) is 40.5 Å². The largest absolute Gasteiger partial charge is 0.229 e. The predicted octanol–water partition coefficient (Wildman–Crippen LogP) is 3.98. The maximum absolute atomic E-state index is 12.8. The van der Waals surface area contributed by atoms with Crippen LogP contribution >= 0.6 is 23.4 Å². The third-order valence-electron chi connectivity index (χ3n) is 2.23. The van der Waals surface area contributed by atoms with Crippen molar-refractivity contribution in [3.63, 3.8) is 0 Å². The van der Waals surface area contributed by atoms with Gasteiger partial charge in [0.2, 0.25) is 0 Å². The predicted molar refractivity (Wildman–Crippen MR) is 66.9 cm³/mol. The van der Waals surface area contributed by atoms with Crippen molar-refractivity contribution in [3.8, 4) is 0 Å². The van der Waals surface area contributed by atoms with Gasteiger partial charge in [0.15, 0.2) is 0 Å². The van der Waals surface area contributed by atoms with E-state index in [2.05, 4.69) is 9.97 Å². The Morgan fingerprint density at radius 2 is 1.94 bits per heavy atom. The van der Waals surface area contributed by atoms with E-state index >= 15 is 0 Å². The fourth-order valence-electron chi connectivity index (χ4n) is 1.38. The first-order valence-corrected chi connectivity index (χ1v) is 6.33. The SMILES string of the molecule is CCc1c(Cl)ncnc1Sc1ccc(F)cc1. The molecular formula is C12H10ClFN2S. The highest BCUT2D eigenvalue weighted by molar-refractivity contribution is 7.99. The second-order valence-electron chi connectivity index (χ2n) is 3.36. The Hall–Kier alpha value is -1.13. The first-order chi connectivity index (χ1) is 8.20. The van der Waals surface area contributed by atoms with Gasteiger partial charge in [-0.2, -0.15) is 0 Å². The van der Waals surface area contributed by atoms with E-state index < -0.39 is 0 Å². The van der Waals surface area contributed by atoms with Gasteiger partial charge in [0.05, 0.1) is 0 Å².